The molecule has 0 aromatic rings. The van der Waals surface area contributed by atoms with E-state index in [0.29, 0.717) is 66.0 Å². The molecule has 0 aliphatic heterocycles. The van der Waals surface area contributed by atoms with E-state index in [4.69, 9.17) is 28.4 Å². The minimum atomic E-state index is -0.492. The number of alkyl carbamates (subject to hydrolysis) is 1. The van der Waals surface area contributed by atoms with Crippen LogP contribution in [0.15, 0.2) is 0 Å². The van der Waals surface area contributed by atoms with Gasteiger partial charge in [0, 0.05) is 13.2 Å². The predicted octanol–water partition coefficient (Wildman–Crippen LogP) is 4.73. The van der Waals surface area contributed by atoms with Gasteiger partial charge in [0.25, 0.3) is 0 Å². The van der Waals surface area contributed by atoms with Crippen LogP contribution in [-0.2, 0) is 28.4 Å². The summed E-state index contributed by atoms with van der Waals surface area (Å²) in [5.74, 6) is 0. The minimum Gasteiger partial charge on any atom is -0.444 e. The summed E-state index contributed by atoms with van der Waals surface area (Å²) >= 11 is 0. The number of nitrogens with one attached hydrogen (secondary N) is 1. The Balaban J connectivity index is 3.10. The van der Waals surface area contributed by atoms with Crippen molar-refractivity contribution in [2.24, 2.45) is 0 Å². The van der Waals surface area contributed by atoms with Gasteiger partial charge < -0.3 is 33.7 Å². The van der Waals surface area contributed by atoms with Crippen molar-refractivity contribution in [1.29, 1.82) is 0 Å². The molecule has 8 nitrogen and oxygen atoms in total. The molecule has 0 aliphatic carbocycles. The monoisotopic (exact) mass is 477 g/mol. The van der Waals surface area contributed by atoms with E-state index < -0.39 is 11.7 Å². The van der Waals surface area contributed by atoms with Crippen molar-refractivity contribution in [3.05, 3.63) is 0 Å². The molecule has 1 amide bonds. The van der Waals surface area contributed by atoms with Gasteiger partial charge in [-0.2, -0.15) is 0 Å². The Morgan fingerprint density at radius 3 is 1.42 bits per heavy atom. The van der Waals surface area contributed by atoms with Gasteiger partial charge in [0.2, 0.25) is 0 Å². The van der Waals surface area contributed by atoms with Crippen molar-refractivity contribution in [1.82, 2.24) is 5.32 Å². The molecule has 0 aliphatic rings. The number of carbonyl (C=O) groups excluding carboxylic acids is 1. The van der Waals surface area contributed by atoms with E-state index in [9.17, 15) is 4.79 Å². The highest BCUT2D eigenvalue weighted by Crippen LogP contribution is 2.08. The summed E-state index contributed by atoms with van der Waals surface area (Å²) in [6.07, 6.45) is 10.1. The minimum absolute atomic E-state index is 0.405. The maximum Gasteiger partial charge on any atom is 0.407 e. The molecule has 0 atom stereocenters. The summed E-state index contributed by atoms with van der Waals surface area (Å²) in [6, 6.07) is 0. The third-order valence-corrected chi connectivity index (χ3v) is 4.54. The van der Waals surface area contributed by atoms with Crippen LogP contribution >= 0.6 is 0 Å². The molecule has 8 heteroatoms. The van der Waals surface area contributed by atoms with Crippen LogP contribution in [-0.4, -0.2) is 84.3 Å². The average Bonchev–Trinajstić information content (AvgIpc) is 2.75. The number of hydrogen-bond acceptors (Lipinski definition) is 7. The van der Waals surface area contributed by atoms with E-state index in [1.165, 1.54) is 44.9 Å². The van der Waals surface area contributed by atoms with E-state index in [0.717, 1.165) is 13.0 Å². The van der Waals surface area contributed by atoms with Crippen molar-refractivity contribution in [3.63, 3.8) is 0 Å². The van der Waals surface area contributed by atoms with Crippen LogP contribution in [0.3, 0.4) is 0 Å². The molecule has 0 aromatic carbocycles. The number of amides is 1. The molecule has 0 saturated carbocycles. The highest BCUT2D eigenvalue weighted by Gasteiger charge is 2.15. The fourth-order valence-corrected chi connectivity index (χ4v) is 2.86. The SMILES string of the molecule is CCCCCCCCCCOCCOCCOCCOCCOCCNC(=O)OC(C)(C)C. The molecule has 0 unspecified atom stereocenters. The quantitative estimate of drug-likeness (QED) is 0.201. The number of hydrogen-bond donors (Lipinski definition) is 1. The molecule has 198 valence electrons. The van der Waals surface area contributed by atoms with Gasteiger partial charge >= 0.3 is 6.09 Å². The van der Waals surface area contributed by atoms with Crippen LogP contribution in [0.4, 0.5) is 4.79 Å². The first kappa shape index (κ1) is 32.1. The van der Waals surface area contributed by atoms with Crippen LogP contribution in [0.2, 0.25) is 0 Å². The number of carbonyl (C=O) groups is 1. The number of ether oxygens (including phenoxy) is 6. The second-order valence-electron chi connectivity index (χ2n) is 8.97. The van der Waals surface area contributed by atoms with Crippen LogP contribution in [0.5, 0.6) is 0 Å². The third kappa shape index (κ3) is 29.0. The molecule has 1 N–H and O–H groups in total. The maximum absolute atomic E-state index is 11.4. The Labute approximate surface area is 202 Å². The lowest BCUT2D eigenvalue weighted by Crippen LogP contribution is -2.34. The Morgan fingerprint density at radius 2 is 0.970 bits per heavy atom. The lowest BCUT2D eigenvalue weighted by atomic mass is 10.1. The molecule has 0 radical (unpaired) electrons. The van der Waals surface area contributed by atoms with Gasteiger partial charge in [0.05, 0.1) is 59.5 Å². The van der Waals surface area contributed by atoms with Crippen LogP contribution in [0.1, 0.15) is 79.1 Å². The fraction of sp³-hybridized carbons (Fsp3) is 0.960. The molecule has 33 heavy (non-hydrogen) atoms. The topological polar surface area (TPSA) is 84.5 Å². The second-order valence-corrected chi connectivity index (χ2v) is 8.97. The first-order valence-electron chi connectivity index (χ1n) is 12.8. The Kier molecular flexibility index (Phi) is 23.5. The van der Waals surface area contributed by atoms with Gasteiger partial charge in [-0.3, -0.25) is 0 Å². The molecule has 0 bridgehead atoms. The molecular weight excluding hydrogens is 426 g/mol. The van der Waals surface area contributed by atoms with Crippen molar-refractivity contribution in [2.75, 3.05) is 72.6 Å². The van der Waals surface area contributed by atoms with Gasteiger partial charge in [0.15, 0.2) is 0 Å². The van der Waals surface area contributed by atoms with Gasteiger partial charge in [0.1, 0.15) is 5.60 Å². The summed E-state index contributed by atoms with van der Waals surface area (Å²) < 4.78 is 32.5. The third-order valence-electron chi connectivity index (χ3n) is 4.54. The molecule has 0 aromatic heterocycles. The first-order valence-corrected chi connectivity index (χ1v) is 12.8. The second kappa shape index (κ2) is 24.2. The fourth-order valence-electron chi connectivity index (χ4n) is 2.86. The summed E-state index contributed by atoms with van der Waals surface area (Å²) in [7, 11) is 0. The summed E-state index contributed by atoms with van der Waals surface area (Å²) in [6.45, 7) is 13.7. The summed E-state index contributed by atoms with van der Waals surface area (Å²) in [4.78, 5) is 11.4. The molecule has 0 saturated heterocycles. The zero-order valence-corrected chi connectivity index (χ0v) is 21.8. The summed E-state index contributed by atoms with van der Waals surface area (Å²) in [5, 5.41) is 2.64. The van der Waals surface area contributed by atoms with Gasteiger partial charge in [-0.05, 0) is 27.2 Å². The normalized spacial score (nSPS) is 11.6. The van der Waals surface area contributed by atoms with Crippen molar-refractivity contribution in [2.45, 2.75) is 84.7 Å². The Hall–Kier alpha value is -0.930. The Bertz CT molecular complexity index is 416. The summed E-state index contributed by atoms with van der Waals surface area (Å²) in [5.41, 5.74) is -0.492. The van der Waals surface area contributed by atoms with Gasteiger partial charge in [-0.15, -0.1) is 0 Å². The van der Waals surface area contributed by atoms with Crippen molar-refractivity contribution >= 4 is 6.09 Å². The zero-order valence-electron chi connectivity index (χ0n) is 21.8. The largest absolute Gasteiger partial charge is 0.444 e. The number of rotatable bonds is 24. The predicted molar refractivity (Wildman–Crippen MR) is 131 cm³/mol. The van der Waals surface area contributed by atoms with E-state index >= 15 is 0 Å². The zero-order chi connectivity index (χ0) is 24.5. The molecular formula is C25H51NO7. The number of unbranched alkanes of at least 4 members (excludes halogenated alkanes) is 7. The van der Waals surface area contributed by atoms with E-state index in [1.54, 1.807) is 0 Å². The molecule has 0 spiro atoms. The van der Waals surface area contributed by atoms with E-state index in [1.807, 2.05) is 20.8 Å². The lowest BCUT2D eigenvalue weighted by Gasteiger charge is -2.19. The highest BCUT2D eigenvalue weighted by atomic mass is 16.6. The van der Waals surface area contributed by atoms with Crippen molar-refractivity contribution in [3.8, 4) is 0 Å². The van der Waals surface area contributed by atoms with Gasteiger partial charge in [-0.25, -0.2) is 4.79 Å². The first-order chi connectivity index (χ1) is 16.0. The molecule has 0 fully saturated rings. The molecule has 0 heterocycles. The van der Waals surface area contributed by atoms with Crippen LogP contribution < -0.4 is 5.32 Å². The standard InChI is InChI=1S/C25H51NO7/c1-5-6-7-8-9-10-11-12-14-28-16-18-30-20-22-32-23-21-31-19-17-29-15-13-26-24(27)33-25(2,3)4/h5-23H2,1-4H3,(H,26,27). The molecule has 0 rings (SSSR count). The lowest BCUT2D eigenvalue weighted by molar-refractivity contribution is -0.0111. The van der Waals surface area contributed by atoms with E-state index in [-0.39, 0.29) is 0 Å². The van der Waals surface area contributed by atoms with Crippen LogP contribution in [0.25, 0.3) is 0 Å². The van der Waals surface area contributed by atoms with Gasteiger partial charge in [-0.1, -0.05) is 51.9 Å². The highest BCUT2D eigenvalue weighted by molar-refractivity contribution is 5.67. The average molecular weight is 478 g/mol. The van der Waals surface area contributed by atoms with Crippen LogP contribution in [0, 0.1) is 0 Å². The smallest absolute Gasteiger partial charge is 0.407 e. The maximum atomic E-state index is 11.4. The Morgan fingerprint density at radius 1 is 0.576 bits per heavy atom. The van der Waals surface area contributed by atoms with E-state index in [2.05, 4.69) is 12.2 Å². The van der Waals surface area contributed by atoms with Crippen molar-refractivity contribution < 1.29 is 33.2 Å².